The van der Waals surface area contributed by atoms with Crippen molar-refractivity contribution in [2.24, 2.45) is 0 Å². The number of nitrogens with one attached hydrogen (secondary N) is 1. The molecule has 0 bridgehead atoms. The SMILES string of the molecule is CC(C)Oc1c(N)nsc1NC(C)C(=O)N1CCCCC1. The molecule has 1 aromatic rings. The van der Waals surface area contributed by atoms with Gasteiger partial charge in [-0.1, -0.05) is 0 Å². The monoisotopic (exact) mass is 312 g/mol. The number of rotatable bonds is 5. The van der Waals surface area contributed by atoms with Gasteiger partial charge in [0, 0.05) is 13.1 Å². The maximum absolute atomic E-state index is 12.4. The number of carbonyl (C=O) groups excluding carboxylic acids is 1. The zero-order valence-corrected chi connectivity index (χ0v) is 13.7. The predicted molar refractivity (Wildman–Crippen MR) is 85.8 cm³/mol. The van der Waals surface area contributed by atoms with Gasteiger partial charge in [0.1, 0.15) is 6.04 Å². The molecule has 0 radical (unpaired) electrons. The molecular formula is C14H24N4O2S. The van der Waals surface area contributed by atoms with Crippen molar-refractivity contribution in [3.05, 3.63) is 0 Å². The number of nitrogens with zero attached hydrogens (tertiary/aromatic N) is 2. The third kappa shape index (κ3) is 4.00. The second kappa shape index (κ2) is 6.98. The van der Waals surface area contributed by atoms with E-state index in [1.165, 1.54) is 18.0 Å². The van der Waals surface area contributed by atoms with E-state index in [-0.39, 0.29) is 18.1 Å². The predicted octanol–water partition coefficient (Wildman–Crippen LogP) is 2.33. The third-order valence-corrected chi connectivity index (χ3v) is 4.19. The maximum Gasteiger partial charge on any atom is 0.244 e. The van der Waals surface area contributed by atoms with E-state index in [1.54, 1.807) is 0 Å². The summed E-state index contributed by atoms with van der Waals surface area (Å²) in [5.41, 5.74) is 5.82. The van der Waals surface area contributed by atoms with Gasteiger partial charge in [-0.05, 0) is 51.6 Å². The van der Waals surface area contributed by atoms with Crippen molar-refractivity contribution in [1.82, 2.24) is 9.27 Å². The highest BCUT2D eigenvalue weighted by atomic mass is 32.1. The molecule has 1 aliphatic rings. The standard InChI is InChI=1S/C14H24N4O2S/c1-9(2)20-11-12(15)17-21-13(11)16-10(3)14(19)18-7-5-4-6-8-18/h9-10,16H,4-8H2,1-3H3,(H2,15,17). The lowest BCUT2D eigenvalue weighted by molar-refractivity contribution is -0.132. The Morgan fingerprint density at radius 1 is 1.33 bits per heavy atom. The van der Waals surface area contributed by atoms with Crippen LogP contribution in [0.15, 0.2) is 0 Å². The molecule has 1 fully saturated rings. The number of hydrogen-bond acceptors (Lipinski definition) is 6. The number of carbonyl (C=O) groups is 1. The van der Waals surface area contributed by atoms with Gasteiger partial charge in [-0.15, -0.1) is 0 Å². The summed E-state index contributed by atoms with van der Waals surface area (Å²) in [6.45, 7) is 7.44. The number of anilines is 2. The van der Waals surface area contributed by atoms with E-state index in [1.807, 2.05) is 25.7 Å². The van der Waals surface area contributed by atoms with Crippen LogP contribution in [0.25, 0.3) is 0 Å². The normalized spacial score (nSPS) is 16.9. The fourth-order valence-electron chi connectivity index (χ4n) is 2.38. The van der Waals surface area contributed by atoms with Crippen LogP contribution in [-0.4, -0.2) is 40.4 Å². The van der Waals surface area contributed by atoms with Crippen molar-refractivity contribution in [1.29, 1.82) is 0 Å². The Hall–Kier alpha value is -1.50. The first-order valence-electron chi connectivity index (χ1n) is 7.46. The molecule has 1 aliphatic heterocycles. The van der Waals surface area contributed by atoms with Gasteiger partial charge >= 0.3 is 0 Å². The lowest BCUT2D eigenvalue weighted by atomic mass is 10.1. The minimum absolute atomic E-state index is 0.0114. The van der Waals surface area contributed by atoms with E-state index in [2.05, 4.69) is 9.69 Å². The van der Waals surface area contributed by atoms with E-state index in [0.717, 1.165) is 30.9 Å². The van der Waals surface area contributed by atoms with Crippen LogP contribution in [0.4, 0.5) is 10.8 Å². The van der Waals surface area contributed by atoms with Gasteiger partial charge in [0.15, 0.2) is 16.6 Å². The zero-order valence-electron chi connectivity index (χ0n) is 12.9. The van der Waals surface area contributed by atoms with Crippen LogP contribution in [0.2, 0.25) is 0 Å². The molecule has 0 spiro atoms. The smallest absolute Gasteiger partial charge is 0.244 e. The van der Waals surface area contributed by atoms with Crippen LogP contribution < -0.4 is 15.8 Å². The molecule has 118 valence electrons. The lowest BCUT2D eigenvalue weighted by Gasteiger charge is -2.29. The molecule has 21 heavy (non-hydrogen) atoms. The summed E-state index contributed by atoms with van der Waals surface area (Å²) in [4.78, 5) is 14.3. The van der Waals surface area contributed by atoms with Crippen molar-refractivity contribution >= 4 is 28.3 Å². The Morgan fingerprint density at radius 3 is 2.62 bits per heavy atom. The van der Waals surface area contributed by atoms with Crippen molar-refractivity contribution in [2.45, 2.75) is 52.2 Å². The molecule has 7 heteroatoms. The molecule has 1 amide bonds. The van der Waals surface area contributed by atoms with Gasteiger partial charge in [-0.3, -0.25) is 4.79 Å². The highest BCUT2D eigenvalue weighted by Crippen LogP contribution is 2.36. The Kier molecular flexibility index (Phi) is 5.27. The summed E-state index contributed by atoms with van der Waals surface area (Å²) in [6, 6.07) is -0.308. The molecule has 2 rings (SSSR count). The molecule has 1 aromatic heterocycles. The second-order valence-corrected chi connectivity index (χ2v) is 6.42. The number of piperidine rings is 1. The van der Waals surface area contributed by atoms with Gasteiger partial charge in [0.2, 0.25) is 5.91 Å². The van der Waals surface area contributed by atoms with E-state index in [9.17, 15) is 4.79 Å². The summed E-state index contributed by atoms with van der Waals surface area (Å²) >= 11 is 1.23. The van der Waals surface area contributed by atoms with Crippen molar-refractivity contribution in [3.63, 3.8) is 0 Å². The maximum atomic E-state index is 12.4. The van der Waals surface area contributed by atoms with E-state index in [0.29, 0.717) is 11.6 Å². The fourth-order valence-corrected chi connectivity index (χ4v) is 3.12. The molecule has 1 saturated heterocycles. The van der Waals surface area contributed by atoms with Crippen molar-refractivity contribution < 1.29 is 9.53 Å². The van der Waals surface area contributed by atoms with Crippen LogP contribution in [0.1, 0.15) is 40.0 Å². The molecule has 0 saturated carbocycles. The fraction of sp³-hybridized carbons (Fsp3) is 0.714. The Bertz CT molecular complexity index is 483. The number of amides is 1. The van der Waals surface area contributed by atoms with Crippen LogP contribution in [-0.2, 0) is 4.79 Å². The molecular weight excluding hydrogens is 288 g/mol. The highest BCUT2D eigenvalue weighted by molar-refractivity contribution is 7.11. The first kappa shape index (κ1) is 15.9. The van der Waals surface area contributed by atoms with Crippen LogP contribution in [0.3, 0.4) is 0 Å². The van der Waals surface area contributed by atoms with Crippen LogP contribution in [0.5, 0.6) is 5.75 Å². The van der Waals surface area contributed by atoms with Crippen molar-refractivity contribution in [3.8, 4) is 5.75 Å². The Labute approximate surface area is 129 Å². The largest absolute Gasteiger partial charge is 0.484 e. The number of aromatic nitrogens is 1. The molecule has 0 aromatic carbocycles. The molecule has 0 aliphatic carbocycles. The Balaban J connectivity index is 2.01. The number of likely N-dealkylation sites (tertiary alicyclic amines) is 1. The van der Waals surface area contributed by atoms with Gasteiger partial charge in [-0.2, -0.15) is 4.37 Å². The summed E-state index contributed by atoms with van der Waals surface area (Å²) < 4.78 is 9.78. The third-order valence-electron chi connectivity index (χ3n) is 3.41. The molecule has 1 atom stereocenters. The summed E-state index contributed by atoms with van der Waals surface area (Å²) in [6.07, 6.45) is 3.40. The van der Waals surface area contributed by atoms with E-state index >= 15 is 0 Å². The summed E-state index contributed by atoms with van der Waals surface area (Å²) in [7, 11) is 0. The first-order chi connectivity index (χ1) is 9.99. The molecule has 1 unspecified atom stereocenters. The van der Waals surface area contributed by atoms with Crippen molar-refractivity contribution in [2.75, 3.05) is 24.1 Å². The summed E-state index contributed by atoms with van der Waals surface area (Å²) in [5.74, 6) is 1.04. The van der Waals surface area contributed by atoms with Crippen LogP contribution in [0, 0.1) is 0 Å². The lowest BCUT2D eigenvalue weighted by Crippen LogP contribution is -2.43. The summed E-state index contributed by atoms with van der Waals surface area (Å²) in [5, 5.41) is 3.91. The number of ether oxygens (including phenoxy) is 1. The van der Waals surface area contributed by atoms with E-state index in [4.69, 9.17) is 10.5 Å². The number of hydrogen-bond donors (Lipinski definition) is 2. The van der Waals surface area contributed by atoms with Gasteiger partial charge in [0.05, 0.1) is 6.10 Å². The number of nitrogens with two attached hydrogens (primary N) is 1. The minimum Gasteiger partial charge on any atom is -0.484 e. The average Bonchev–Trinajstić information content (AvgIpc) is 2.79. The average molecular weight is 312 g/mol. The van der Waals surface area contributed by atoms with Crippen LogP contribution >= 0.6 is 11.5 Å². The zero-order chi connectivity index (χ0) is 15.4. The molecule has 3 N–H and O–H groups in total. The topological polar surface area (TPSA) is 80.5 Å². The van der Waals surface area contributed by atoms with Gasteiger partial charge < -0.3 is 20.7 Å². The first-order valence-corrected chi connectivity index (χ1v) is 8.23. The number of nitrogen functional groups attached to an aromatic ring is 1. The quantitative estimate of drug-likeness (QED) is 0.872. The van der Waals surface area contributed by atoms with Gasteiger partial charge in [0.25, 0.3) is 0 Å². The van der Waals surface area contributed by atoms with E-state index < -0.39 is 0 Å². The second-order valence-electron chi connectivity index (χ2n) is 5.64. The minimum atomic E-state index is -0.308. The molecule has 6 nitrogen and oxygen atoms in total. The molecule has 2 heterocycles. The Morgan fingerprint density at radius 2 is 2.00 bits per heavy atom. The highest BCUT2D eigenvalue weighted by Gasteiger charge is 2.24. The van der Waals surface area contributed by atoms with Gasteiger partial charge in [-0.25, -0.2) is 0 Å².